The lowest BCUT2D eigenvalue weighted by molar-refractivity contribution is -0.00546. The lowest BCUT2D eigenvalue weighted by Crippen LogP contribution is -2.49. The van der Waals surface area contributed by atoms with Crippen molar-refractivity contribution in [2.75, 3.05) is 37.3 Å². The van der Waals surface area contributed by atoms with Gasteiger partial charge in [0.2, 0.25) is 10.0 Å². The number of anilines is 1. The molecule has 1 aromatic rings. The third kappa shape index (κ3) is 5.18. The second-order valence-corrected chi connectivity index (χ2v) is 9.48. The Balaban J connectivity index is 1.61. The first-order valence-electron chi connectivity index (χ1n) is 9.35. The first-order valence-corrected chi connectivity index (χ1v) is 11.2. The predicted octanol–water partition coefficient (Wildman–Crippen LogP) is 0.849. The molecule has 9 heteroatoms. The Hall–Kier alpha value is -1.71. The maximum atomic E-state index is 12.5. The van der Waals surface area contributed by atoms with Crippen molar-refractivity contribution in [3.05, 3.63) is 23.9 Å². The van der Waals surface area contributed by atoms with Gasteiger partial charge < -0.3 is 15.0 Å². The normalized spacial score (nSPS) is 27.4. The second-order valence-electron chi connectivity index (χ2n) is 7.50. The van der Waals surface area contributed by atoms with Crippen molar-refractivity contribution in [1.82, 2.24) is 14.6 Å². The fraction of sp³-hybridized carbons (Fsp3) is 0.667. The van der Waals surface area contributed by atoms with Crippen molar-refractivity contribution < 1.29 is 17.9 Å². The molecule has 1 N–H and O–H groups in total. The van der Waals surface area contributed by atoms with Crippen LogP contribution in [0.3, 0.4) is 0 Å². The van der Waals surface area contributed by atoms with E-state index in [0.717, 1.165) is 31.7 Å². The van der Waals surface area contributed by atoms with Crippen LogP contribution in [0, 0.1) is 0 Å². The number of pyridine rings is 1. The van der Waals surface area contributed by atoms with Crippen molar-refractivity contribution in [2.45, 2.75) is 44.9 Å². The highest BCUT2D eigenvalue weighted by Gasteiger charge is 2.27. The Morgan fingerprint density at radius 2 is 1.93 bits per heavy atom. The van der Waals surface area contributed by atoms with Crippen molar-refractivity contribution in [3.8, 4) is 0 Å². The number of amides is 1. The molecular weight excluding hydrogens is 368 g/mol. The van der Waals surface area contributed by atoms with Crippen LogP contribution in [0.2, 0.25) is 0 Å². The Morgan fingerprint density at radius 1 is 1.22 bits per heavy atom. The standard InChI is InChI=1S/C18H28N4O4S/c1-13-10-21(11-14(2)26-13)17-7-6-15(9-19-17)18(23)20-16-5-4-8-22(12-16)27(3,24)25/h6-7,9,13-14,16H,4-5,8,10-12H2,1-3H3,(H,20,23). The second kappa shape index (κ2) is 8.12. The van der Waals surface area contributed by atoms with Crippen LogP contribution in [0.1, 0.15) is 37.0 Å². The van der Waals surface area contributed by atoms with Gasteiger partial charge in [-0.15, -0.1) is 0 Å². The third-order valence-electron chi connectivity index (χ3n) is 4.94. The van der Waals surface area contributed by atoms with Gasteiger partial charge in [-0.2, -0.15) is 0 Å². The number of rotatable bonds is 4. The molecular formula is C18H28N4O4S. The lowest BCUT2D eigenvalue weighted by atomic mass is 10.1. The van der Waals surface area contributed by atoms with E-state index in [1.54, 1.807) is 12.3 Å². The average molecular weight is 397 g/mol. The first-order chi connectivity index (χ1) is 12.7. The molecule has 0 aromatic carbocycles. The molecule has 0 spiro atoms. The summed E-state index contributed by atoms with van der Waals surface area (Å²) >= 11 is 0. The van der Waals surface area contributed by atoms with Gasteiger partial charge in [-0.25, -0.2) is 17.7 Å². The zero-order valence-corrected chi connectivity index (χ0v) is 16.9. The van der Waals surface area contributed by atoms with Crippen LogP contribution in [0.15, 0.2) is 18.3 Å². The van der Waals surface area contributed by atoms with Crippen LogP contribution in [-0.4, -0.2) is 74.3 Å². The molecule has 2 aliphatic rings. The summed E-state index contributed by atoms with van der Waals surface area (Å²) in [7, 11) is -3.23. The number of sulfonamides is 1. The van der Waals surface area contributed by atoms with Crippen LogP contribution in [0.25, 0.3) is 0 Å². The van der Waals surface area contributed by atoms with Gasteiger partial charge in [0.1, 0.15) is 5.82 Å². The van der Waals surface area contributed by atoms with E-state index in [0.29, 0.717) is 18.7 Å². The minimum absolute atomic E-state index is 0.141. The van der Waals surface area contributed by atoms with E-state index in [1.165, 1.54) is 10.6 Å². The minimum atomic E-state index is -3.23. The van der Waals surface area contributed by atoms with Crippen molar-refractivity contribution in [1.29, 1.82) is 0 Å². The quantitative estimate of drug-likeness (QED) is 0.811. The molecule has 0 aliphatic carbocycles. The van der Waals surface area contributed by atoms with Gasteiger partial charge in [-0.3, -0.25) is 4.79 Å². The van der Waals surface area contributed by atoms with E-state index in [-0.39, 0.29) is 24.2 Å². The van der Waals surface area contributed by atoms with E-state index in [2.05, 4.69) is 15.2 Å². The van der Waals surface area contributed by atoms with Crippen molar-refractivity contribution >= 4 is 21.7 Å². The predicted molar refractivity (Wildman–Crippen MR) is 103 cm³/mol. The minimum Gasteiger partial charge on any atom is -0.372 e. The molecule has 3 atom stereocenters. The third-order valence-corrected chi connectivity index (χ3v) is 6.21. The zero-order chi connectivity index (χ0) is 19.6. The van der Waals surface area contributed by atoms with Crippen LogP contribution in [0.5, 0.6) is 0 Å². The summed E-state index contributed by atoms with van der Waals surface area (Å²) in [5, 5.41) is 2.93. The van der Waals surface area contributed by atoms with Gasteiger partial charge >= 0.3 is 0 Å². The molecule has 1 aromatic heterocycles. The Bertz CT molecular complexity index is 758. The number of hydrogen-bond acceptors (Lipinski definition) is 6. The number of nitrogens with one attached hydrogen (secondary N) is 1. The smallest absolute Gasteiger partial charge is 0.253 e. The highest BCUT2D eigenvalue weighted by Crippen LogP contribution is 2.19. The number of aromatic nitrogens is 1. The number of hydrogen-bond donors (Lipinski definition) is 1. The Kier molecular flexibility index (Phi) is 6.02. The molecule has 27 heavy (non-hydrogen) atoms. The molecule has 0 saturated carbocycles. The highest BCUT2D eigenvalue weighted by molar-refractivity contribution is 7.88. The number of piperidine rings is 1. The molecule has 3 heterocycles. The van der Waals surface area contributed by atoms with E-state index in [1.807, 2.05) is 19.9 Å². The summed E-state index contributed by atoms with van der Waals surface area (Å²) in [5.41, 5.74) is 0.476. The monoisotopic (exact) mass is 396 g/mol. The maximum Gasteiger partial charge on any atom is 0.253 e. The van der Waals surface area contributed by atoms with Crippen LogP contribution in [-0.2, 0) is 14.8 Å². The van der Waals surface area contributed by atoms with Crippen LogP contribution < -0.4 is 10.2 Å². The van der Waals surface area contributed by atoms with Gasteiger partial charge in [-0.1, -0.05) is 0 Å². The molecule has 8 nitrogen and oxygen atoms in total. The summed E-state index contributed by atoms with van der Waals surface area (Å²) in [4.78, 5) is 19.1. The van der Waals surface area contributed by atoms with Gasteiger partial charge in [0.05, 0.1) is 24.0 Å². The van der Waals surface area contributed by atoms with Crippen LogP contribution >= 0.6 is 0 Å². The molecule has 150 valence electrons. The van der Waals surface area contributed by atoms with E-state index in [9.17, 15) is 13.2 Å². The molecule has 2 aliphatic heterocycles. The summed E-state index contributed by atoms with van der Waals surface area (Å²) in [5.74, 6) is 0.604. The number of ether oxygens (including phenoxy) is 1. The Morgan fingerprint density at radius 3 is 2.52 bits per heavy atom. The summed E-state index contributed by atoms with van der Waals surface area (Å²) in [6.45, 7) is 6.44. The molecule has 1 amide bonds. The van der Waals surface area contributed by atoms with Crippen LogP contribution in [0.4, 0.5) is 5.82 Å². The highest BCUT2D eigenvalue weighted by atomic mass is 32.2. The van der Waals surface area contributed by atoms with E-state index in [4.69, 9.17) is 4.74 Å². The molecule has 0 radical (unpaired) electrons. The fourth-order valence-corrected chi connectivity index (χ4v) is 4.61. The topological polar surface area (TPSA) is 91.8 Å². The maximum absolute atomic E-state index is 12.5. The van der Waals surface area contributed by atoms with E-state index < -0.39 is 10.0 Å². The summed E-state index contributed by atoms with van der Waals surface area (Å²) < 4.78 is 30.6. The van der Waals surface area contributed by atoms with Gasteiger partial charge in [0, 0.05) is 38.4 Å². The van der Waals surface area contributed by atoms with Gasteiger partial charge in [-0.05, 0) is 38.8 Å². The fourth-order valence-electron chi connectivity index (χ4n) is 3.70. The molecule has 0 bridgehead atoms. The average Bonchev–Trinajstić information content (AvgIpc) is 2.60. The first kappa shape index (κ1) is 20.0. The Labute approximate surface area is 160 Å². The summed E-state index contributed by atoms with van der Waals surface area (Å²) in [6, 6.07) is 3.43. The van der Waals surface area contributed by atoms with E-state index >= 15 is 0 Å². The zero-order valence-electron chi connectivity index (χ0n) is 16.1. The largest absolute Gasteiger partial charge is 0.372 e. The number of carbonyl (C=O) groups excluding carboxylic acids is 1. The van der Waals surface area contributed by atoms with Gasteiger partial charge in [0.15, 0.2) is 0 Å². The molecule has 3 rings (SSSR count). The molecule has 3 unspecified atom stereocenters. The number of morpholine rings is 1. The number of nitrogens with zero attached hydrogens (tertiary/aromatic N) is 3. The van der Waals surface area contributed by atoms with Crippen molar-refractivity contribution in [2.24, 2.45) is 0 Å². The molecule has 2 saturated heterocycles. The molecule has 2 fully saturated rings. The number of carbonyl (C=O) groups is 1. The van der Waals surface area contributed by atoms with Gasteiger partial charge in [0.25, 0.3) is 5.91 Å². The van der Waals surface area contributed by atoms with Crippen molar-refractivity contribution in [3.63, 3.8) is 0 Å². The lowest BCUT2D eigenvalue weighted by Gasteiger charge is -2.36. The summed E-state index contributed by atoms with van der Waals surface area (Å²) in [6.07, 6.45) is 4.57. The SMILES string of the molecule is CC1CN(c2ccc(C(=O)NC3CCCN(S(C)(=O)=O)C3)cn2)CC(C)O1.